The average molecular weight is 439 g/mol. The minimum atomic E-state index is -3.58. The van der Waals surface area contributed by atoms with Crippen LogP contribution in [0.3, 0.4) is 0 Å². The van der Waals surface area contributed by atoms with Crippen LogP contribution >= 0.6 is 0 Å². The molecule has 1 saturated heterocycles. The summed E-state index contributed by atoms with van der Waals surface area (Å²) in [6.07, 6.45) is 1.74. The summed E-state index contributed by atoms with van der Waals surface area (Å²) in [5.41, 5.74) is 0.969. The molecule has 7 heteroatoms. The number of carbonyl (C=O) groups is 1. The minimum Gasteiger partial charge on any atom is -0.491 e. The van der Waals surface area contributed by atoms with Crippen LogP contribution in [0.25, 0.3) is 10.8 Å². The van der Waals surface area contributed by atoms with Gasteiger partial charge in [-0.15, -0.1) is 0 Å². The lowest BCUT2D eigenvalue weighted by Crippen LogP contribution is -2.30. The van der Waals surface area contributed by atoms with Crippen molar-refractivity contribution in [1.29, 1.82) is 0 Å². The van der Waals surface area contributed by atoms with E-state index in [0.29, 0.717) is 37.4 Å². The van der Waals surface area contributed by atoms with E-state index in [-0.39, 0.29) is 10.8 Å². The number of amides is 1. The van der Waals surface area contributed by atoms with E-state index in [1.165, 1.54) is 10.4 Å². The fourth-order valence-corrected chi connectivity index (χ4v) is 5.60. The molecule has 0 spiro atoms. The molecule has 1 heterocycles. The third-order valence-electron chi connectivity index (χ3n) is 5.53. The first-order valence-electron chi connectivity index (χ1n) is 10.5. The monoisotopic (exact) mass is 438 g/mol. The van der Waals surface area contributed by atoms with Crippen LogP contribution in [0.5, 0.6) is 5.75 Å². The Morgan fingerprint density at radius 3 is 2.58 bits per heavy atom. The van der Waals surface area contributed by atoms with Crippen molar-refractivity contribution in [1.82, 2.24) is 9.62 Å². The Hall–Kier alpha value is -2.90. The average Bonchev–Trinajstić information content (AvgIpc) is 3.33. The van der Waals surface area contributed by atoms with Crippen molar-refractivity contribution in [3.8, 4) is 5.75 Å². The summed E-state index contributed by atoms with van der Waals surface area (Å²) in [6.45, 7) is 3.44. The maximum Gasteiger partial charge on any atom is 0.251 e. The van der Waals surface area contributed by atoms with Crippen LogP contribution in [0.15, 0.2) is 65.6 Å². The summed E-state index contributed by atoms with van der Waals surface area (Å²) >= 11 is 0. The van der Waals surface area contributed by atoms with Crippen molar-refractivity contribution < 1.29 is 17.9 Å². The number of ether oxygens (including phenoxy) is 1. The maximum atomic E-state index is 12.9. The highest BCUT2D eigenvalue weighted by Crippen LogP contribution is 2.26. The van der Waals surface area contributed by atoms with Crippen molar-refractivity contribution in [3.63, 3.8) is 0 Å². The van der Waals surface area contributed by atoms with E-state index in [1.807, 2.05) is 42.5 Å². The normalized spacial score (nSPS) is 14.6. The molecule has 0 atom stereocenters. The zero-order valence-electron chi connectivity index (χ0n) is 17.5. The van der Waals surface area contributed by atoms with E-state index in [1.54, 1.807) is 19.1 Å². The summed E-state index contributed by atoms with van der Waals surface area (Å²) in [5, 5.41) is 4.93. The molecular weight excluding hydrogens is 412 g/mol. The molecule has 1 aliphatic rings. The molecular formula is C24H26N2O4S. The van der Waals surface area contributed by atoms with Gasteiger partial charge in [0.2, 0.25) is 10.0 Å². The lowest BCUT2D eigenvalue weighted by Gasteiger charge is -2.18. The number of rotatable bonds is 7. The molecule has 3 aromatic carbocycles. The van der Waals surface area contributed by atoms with Gasteiger partial charge >= 0.3 is 0 Å². The van der Waals surface area contributed by atoms with E-state index in [9.17, 15) is 13.2 Å². The molecule has 1 fully saturated rings. The maximum absolute atomic E-state index is 12.9. The highest BCUT2D eigenvalue weighted by atomic mass is 32.2. The first-order chi connectivity index (χ1) is 15.0. The second-order valence-electron chi connectivity index (χ2n) is 7.67. The van der Waals surface area contributed by atoms with Gasteiger partial charge in [-0.05, 0) is 48.9 Å². The molecule has 0 unspecified atom stereocenters. The van der Waals surface area contributed by atoms with Crippen LogP contribution in [0.4, 0.5) is 0 Å². The van der Waals surface area contributed by atoms with Gasteiger partial charge in [0.1, 0.15) is 12.4 Å². The second kappa shape index (κ2) is 9.08. The Labute approximate surface area is 182 Å². The van der Waals surface area contributed by atoms with E-state index in [4.69, 9.17) is 4.74 Å². The number of nitrogens with zero attached hydrogens (tertiary/aromatic N) is 1. The zero-order valence-corrected chi connectivity index (χ0v) is 18.3. The smallest absolute Gasteiger partial charge is 0.251 e. The van der Waals surface area contributed by atoms with E-state index in [0.717, 1.165) is 29.4 Å². The Morgan fingerprint density at radius 1 is 1.03 bits per heavy atom. The lowest BCUT2D eigenvalue weighted by atomic mass is 10.1. The number of aryl methyl sites for hydroxylation is 1. The van der Waals surface area contributed by atoms with E-state index in [2.05, 4.69) is 5.32 Å². The number of carbonyl (C=O) groups excluding carboxylic acids is 1. The van der Waals surface area contributed by atoms with Crippen molar-refractivity contribution >= 4 is 26.7 Å². The topological polar surface area (TPSA) is 75.7 Å². The summed E-state index contributed by atoms with van der Waals surface area (Å²) in [4.78, 5) is 12.8. The highest BCUT2D eigenvalue weighted by Gasteiger charge is 2.29. The molecule has 3 aromatic rings. The molecule has 0 radical (unpaired) electrons. The molecule has 6 nitrogen and oxygen atoms in total. The van der Waals surface area contributed by atoms with Gasteiger partial charge in [-0.2, -0.15) is 4.31 Å². The van der Waals surface area contributed by atoms with Crippen molar-refractivity contribution in [2.75, 3.05) is 26.2 Å². The SMILES string of the molecule is Cc1ccc(C(=O)NCCOc2cccc3ccccc23)cc1S(=O)(=O)N1CCCC1. The van der Waals surface area contributed by atoms with Crippen LogP contribution in [-0.2, 0) is 10.0 Å². The molecule has 162 valence electrons. The Kier molecular flexibility index (Phi) is 6.25. The van der Waals surface area contributed by atoms with Gasteiger partial charge in [0.15, 0.2) is 0 Å². The number of fused-ring (bicyclic) bond motifs is 1. The van der Waals surface area contributed by atoms with Gasteiger partial charge in [-0.25, -0.2) is 8.42 Å². The van der Waals surface area contributed by atoms with Crippen molar-refractivity contribution in [2.24, 2.45) is 0 Å². The highest BCUT2D eigenvalue weighted by molar-refractivity contribution is 7.89. The molecule has 1 N–H and O–H groups in total. The van der Waals surface area contributed by atoms with Crippen LogP contribution in [0, 0.1) is 6.92 Å². The predicted molar refractivity (Wildman–Crippen MR) is 121 cm³/mol. The van der Waals surface area contributed by atoms with Crippen LogP contribution in [-0.4, -0.2) is 44.9 Å². The van der Waals surface area contributed by atoms with Crippen molar-refractivity contribution in [3.05, 3.63) is 71.8 Å². The van der Waals surface area contributed by atoms with Crippen molar-refractivity contribution in [2.45, 2.75) is 24.7 Å². The molecule has 4 rings (SSSR count). The second-order valence-corrected chi connectivity index (χ2v) is 9.58. The molecule has 0 bridgehead atoms. The van der Waals surface area contributed by atoms with Gasteiger partial charge < -0.3 is 10.1 Å². The van der Waals surface area contributed by atoms with Crippen LogP contribution in [0.1, 0.15) is 28.8 Å². The number of sulfonamides is 1. The zero-order chi connectivity index (χ0) is 21.8. The minimum absolute atomic E-state index is 0.203. The molecule has 1 aliphatic heterocycles. The molecule has 31 heavy (non-hydrogen) atoms. The fraction of sp³-hybridized carbons (Fsp3) is 0.292. The summed E-state index contributed by atoms with van der Waals surface area (Å²) in [7, 11) is -3.58. The van der Waals surface area contributed by atoms with Gasteiger partial charge in [0.25, 0.3) is 5.91 Å². The molecule has 0 saturated carbocycles. The van der Waals surface area contributed by atoms with Gasteiger partial charge in [0, 0.05) is 24.0 Å². The molecule has 0 aromatic heterocycles. The Bertz CT molecular complexity index is 1200. The molecule has 1 amide bonds. The third kappa shape index (κ3) is 4.57. The summed E-state index contributed by atoms with van der Waals surface area (Å²) in [6, 6.07) is 18.6. The van der Waals surface area contributed by atoms with E-state index >= 15 is 0 Å². The predicted octanol–water partition coefficient (Wildman–Crippen LogP) is 3.74. The Morgan fingerprint density at radius 2 is 1.77 bits per heavy atom. The third-order valence-corrected chi connectivity index (χ3v) is 7.57. The van der Waals surface area contributed by atoms with Crippen LogP contribution in [0.2, 0.25) is 0 Å². The fourth-order valence-electron chi connectivity index (χ4n) is 3.84. The quantitative estimate of drug-likeness (QED) is 0.570. The van der Waals surface area contributed by atoms with Gasteiger partial charge in [-0.1, -0.05) is 42.5 Å². The largest absolute Gasteiger partial charge is 0.491 e. The standard InChI is InChI=1S/C24H26N2O4S/c1-18-11-12-20(17-23(18)31(28,29)26-14-4-5-15-26)24(27)25-13-16-30-22-10-6-8-19-7-2-3-9-21(19)22/h2-3,6-12,17H,4-5,13-16H2,1H3,(H,25,27). The number of nitrogens with one attached hydrogen (secondary N) is 1. The first kappa shape index (κ1) is 21.3. The Balaban J connectivity index is 1.40. The van der Waals surface area contributed by atoms with Gasteiger partial charge in [-0.3, -0.25) is 4.79 Å². The molecule has 0 aliphatic carbocycles. The number of benzene rings is 3. The van der Waals surface area contributed by atoms with E-state index < -0.39 is 10.0 Å². The number of hydrogen-bond donors (Lipinski definition) is 1. The lowest BCUT2D eigenvalue weighted by molar-refractivity contribution is 0.0947. The summed E-state index contributed by atoms with van der Waals surface area (Å²) < 4.78 is 33.2. The van der Waals surface area contributed by atoms with Crippen LogP contribution < -0.4 is 10.1 Å². The number of hydrogen-bond acceptors (Lipinski definition) is 4. The summed E-state index contributed by atoms with van der Waals surface area (Å²) in [5.74, 6) is 0.445. The van der Waals surface area contributed by atoms with Gasteiger partial charge in [0.05, 0.1) is 11.4 Å². The first-order valence-corrected chi connectivity index (χ1v) is 11.9.